The monoisotopic (exact) mass is 357 g/mol. The Balaban J connectivity index is 1.41. The van der Waals surface area contributed by atoms with Crippen molar-refractivity contribution in [2.75, 3.05) is 6.61 Å². The fourth-order valence-corrected chi connectivity index (χ4v) is 3.04. The third-order valence-corrected chi connectivity index (χ3v) is 4.63. The van der Waals surface area contributed by atoms with E-state index in [2.05, 4.69) is 35.2 Å². The Morgan fingerprint density at radius 3 is 2.15 bits per heavy atom. The minimum atomic E-state index is 0.218. The van der Waals surface area contributed by atoms with Crippen LogP contribution in [0.3, 0.4) is 0 Å². The summed E-state index contributed by atoms with van der Waals surface area (Å²) in [4.78, 5) is 0. The lowest BCUT2D eigenvalue weighted by molar-refractivity contribution is -0.697. The maximum absolute atomic E-state index is 9.76. The van der Waals surface area contributed by atoms with Gasteiger partial charge in [0.05, 0.1) is 6.61 Å². The van der Waals surface area contributed by atoms with E-state index in [9.17, 15) is 5.11 Å². The van der Waals surface area contributed by atoms with E-state index in [1.807, 2.05) is 12.1 Å². The quantitative estimate of drug-likeness (QED) is 0.414. The average molecular weight is 358 g/mol. The number of pyridine rings is 1. The van der Waals surface area contributed by atoms with Crippen LogP contribution in [0.5, 0.6) is 11.5 Å². The second-order valence-corrected chi connectivity index (χ2v) is 6.78. The van der Waals surface area contributed by atoms with E-state index < -0.39 is 0 Å². The van der Waals surface area contributed by atoms with Crippen LogP contribution in [0.2, 0.25) is 0 Å². The number of rotatable bonds is 13. The van der Waals surface area contributed by atoms with Crippen molar-refractivity contribution in [3.63, 3.8) is 0 Å². The van der Waals surface area contributed by atoms with Gasteiger partial charge in [-0.3, -0.25) is 0 Å². The third kappa shape index (κ3) is 7.87. The van der Waals surface area contributed by atoms with E-state index in [1.54, 1.807) is 6.07 Å². The Morgan fingerprint density at radius 1 is 0.846 bits per heavy atom. The lowest BCUT2D eigenvalue weighted by atomic mass is 10.1. The molecule has 0 atom stereocenters. The third-order valence-electron chi connectivity index (χ3n) is 4.63. The summed E-state index contributed by atoms with van der Waals surface area (Å²) in [6.45, 7) is 2.17. The standard InChI is InChI=1S/C22H32N2O2/c23-19-20-12-13-21(18-22(20)25)26-17-11-6-4-2-1-3-5-8-14-24-15-9-7-10-16-24/h7,9-10,12-13,15-16,18H,1-6,8,11,14,17,19,23H2/p+1. The molecule has 4 heteroatoms. The van der Waals surface area contributed by atoms with Crippen LogP contribution in [0.15, 0.2) is 48.8 Å². The number of phenolic OH excluding ortho intramolecular Hbond substituents is 1. The van der Waals surface area contributed by atoms with Crippen molar-refractivity contribution in [3.05, 3.63) is 54.4 Å². The van der Waals surface area contributed by atoms with E-state index >= 15 is 0 Å². The Hall–Kier alpha value is -2.07. The summed E-state index contributed by atoms with van der Waals surface area (Å²) in [6, 6.07) is 11.6. The highest BCUT2D eigenvalue weighted by atomic mass is 16.5. The molecule has 0 bridgehead atoms. The first-order valence-corrected chi connectivity index (χ1v) is 9.88. The summed E-state index contributed by atoms with van der Waals surface area (Å²) >= 11 is 0. The molecule has 0 amide bonds. The van der Waals surface area contributed by atoms with E-state index in [0.29, 0.717) is 13.2 Å². The number of hydrogen-bond donors (Lipinski definition) is 2. The van der Waals surface area contributed by atoms with Crippen LogP contribution in [-0.2, 0) is 13.1 Å². The van der Waals surface area contributed by atoms with Crippen molar-refractivity contribution in [2.45, 2.75) is 64.5 Å². The lowest BCUT2D eigenvalue weighted by Crippen LogP contribution is -2.32. The highest BCUT2D eigenvalue weighted by Crippen LogP contribution is 2.23. The van der Waals surface area contributed by atoms with E-state index in [-0.39, 0.29) is 5.75 Å². The van der Waals surface area contributed by atoms with Crippen molar-refractivity contribution in [1.82, 2.24) is 0 Å². The second-order valence-electron chi connectivity index (χ2n) is 6.78. The highest BCUT2D eigenvalue weighted by Gasteiger charge is 2.02. The van der Waals surface area contributed by atoms with Gasteiger partial charge >= 0.3 is 0 Å². The number of nitrogens with two attached hydrogens (primary N) is 1. The molecule has 26 heavy (non-hydrogen) atoms. The van der Waals surface area contributed by atoms with Crippen molar-refractivity contribution < 1.29 is 14.4 Å². The summed E-state index contributed by atoms with van der Waals surface area (Å²) in [5.41, 5.74) is 6.28. The highest BCUT2D eigenvalue weighted by molar-refractivity contribution is 5.39. The molecule has 142 valence electrons. The van der Waals surface area contributed by atoms with Gasteiger partial charge in [-0.25, -0.2) is 4.57 Å². The number of ether oxygens (including phenoxy) is 1. The van der Waals surface area contributed by atoms with Crippen molar-refractivity contribution in [3.8, 4) is 11.5 Å². The van der Waals surface area contributed by atoms with Crippen LogP contribution in [-0.4, -0.2) is 11.7 Å². The zero-order valence-corrected chi connectivity index (χ0v) is 15.8. The molecule has 0 aliphatic rings. The van der Waals surface area contributed by atoms with Crippen molar-refractivity contribution in [2.24, 2.45) is 5.73 Å². The fourth-order valence-electron chi connectivity index (χ4n) is 3.04. The molecule has 1 aromatic carbocycles. The lowest BCUT2D eigenvalue weighted by Gasteiger charge is -2.08. The predicted octanol–water partition coefficient (Wildman–Crippen LogP) is 4.34. The molecule has 0 spiro atoms. The van der Waals surface area contributed by atoms with E-state index in [4.69, 9.17) is 10.5 Å². The van der Waals surface area contributed by atoms with E-state index in [1.165, 1.54) is 44.9 Å². The van der Waals surface area contributed by atoms with Gasteiger partial charge in [0.1, 0.15) is 18.0 Å². The number of unbranched alkanes of at least 4 members (excludes halogenated alkanes) is 7. The molecule has 0 fully saturated rings. The SMILES string of the molecule is NCc1ccc(OCCCCCCCCCC[n+]2ccccc2)cc1O. The molecular formula is C22H33N2O2+. The topological polar surface area (TPSA) is 59.4 Å². The van der Waals surface area contributed by atoms with Crippen molar-refractivity contribution in [1.29, 1.82) is 0 Å². The Bertz CT molecular complexity index is 617. The van der Waals surface area contributed by atoms with Gasteiger partial charge in [0.2, 0.25) is 0 Å². The van der Waals surface area contributed by atoms with E-state index in [0.717, 1.165) is 24.3 Å². The van der Waals surface area contributed by atoms with Crippen LogP contribution < -0.4 is 15.0 Å². The molecule has 4 nitrogen and oxygen atoms in total. The minimum absolute atomic E-state index is 0.218. The molecule has 2 aromatic rings. The fraction of sp³-hybridized carbons (Fsp3) is 0.500. The number of aromatic nitrogens is 1. The molecule has 0 saturated carbocycles. The van der Waals surface area contributed by atoms with Gasteiger partial charge in [-0.1, -0.05) is 44.2 Å². The Labute approximate surface area is 157 Å². The molecule has 3 N–H and O–H groups in total. The first-order chi connectivity index (χ1) is 12.8. The van der Waals surface area contributed by atoms with Crippen molar-refractivity contribution >= 4 is 0 Å². The number of aryl methyl sites for hydroxylation is 1. The van der Waals surface area contributed by atoms with Gasteiger partial charge in [0, 0.05) is 36.7 Å². The van der Waals surface area contributed by atoms with Gasteiger partial charge in [0.15, 0.2) is 12.4 Å². The zero-order chi connectivity index (χ0) is 18.5. The van der Waals surface area contributed by atoms with Gasteiger partial charge in [-0.15, -0.1) is 0 Å². The first-order valence-electron chi connectivity index (χ1n) is 9.88. The maximum atomic E-state index is 9.76. The summed E-state index contributed by atoms with van der Waals surface area (Å²) in [5, 5.41) is 9.76. The summed E-state index contributed by atoms with van der Waals surface area (Å²) in [5.74, 6) is 0.937. The minimum Gasteiger partial charge on any atom is -0.507 e. The van der Waals surface area contributed by atoms with Crippen LogP contribution in [0, 0.1) is 0 Å². The number of benzene rings is 1. The van der Waals surface area contributed by atoms with Gasteiger partial charge in [-0.05, 0) is 18.9 Å². The average Bonchev–Trinajstić information content (AvgIpc) is 2.67. The molecule has 0 saturated heterocycles. The van der Waals surface area contributed by atoms with Gasteiger partial charge < -0.3 is 15.6 Å². The molecule has 2 rings (SSSR count). The number of nitrogens with zero attached hydrogens (tertiary/aromatic N) is 1. The van der Waals surface area contributed by atoms with Crippen LogP contribution in [0.1, 0.15) is 56.9 Å². The predicted molar refractivity (Wildman–Crippen MR) is 105 cm³/mol. The molecule has 0 aliphatic heterocycles. The first kappa shape index (κ1) is 20.2. The normalized spacial score (nSPS) is 10.8. The number of phenols is 1. The zero-order valence-electron chi connectivity index (χ0n) is 15.8. The maximum Gasteiger partial charge on any atom is 0.168 e. The Morgan fingerprint density at radius 2 is 1.50 bits per heavy atom. The summed E-state index contributed by atoms with van der Waals surface area (Å²) in [7, 11) is 0. The van der Waals surface area contributed by atoms with Crippen LogP contribution in [0.25, 0.3) is 0 Å². The summed E-state index contributed by atoms with van der Waals surface area (Å²) in [6.07, 6.45) is 14.3. The molecule has 1 aromatic heterocycles. The molecule has 0 aliphatic carbocycles. The second kappa shape index (κ2) is 12.3. The summed E-state index contributed by atoms with van der Waals surface area (Å²) < 4.78 is 7.94. The Kier molecular flexibility index (Phi) is 9.59. The van der Waals surface area contributed by atoms with Crippen LogP contribution in [0.4, 0.5) is 0 Å². The van der Waals surface area contributed by atoms with Crippen LogP contribution >= 0.6 is 0 Å². The van der Waals surface area contributed by atoms with Gasteiger partial charge in [0.25, 0.3) is 0 Å². The molecular weight excluding hydrogens is 324 g/mol. The molecule has 1 heterocycles. The molecule has 0 radical (unpaired) electrons. The number of aromatic hydroxyl groups is 1. The van der Waals surface area contributed by atoms with Gasteiger partial charge in [-0.2, -0.15) is 0 Å². The molecule has 0 unspecified atom stereocenters. The smallest absolute Gasteiger partial charge is 0.168 e. The largest absolute Gasteiger partial charge is 0.507 e. The number of hydrogen-bond acceptors (Lipinski definition) is 3.